The van der Waals surface area contributed by atoms with Crippen LogP contribution in [-0.2, 0) is 0 Å². The van der Waals surface area contributed by atoms with Crippen LogP contribution in [0.5, 0.6) is 11.5 Å². The number of benzene rings is 2. The number of aromatic nitrogens is 4. The minimum atomic E-state index is 0.523. The minimum Gasteiger partial charge on any atom is -0.497 e. The molecule has 0 aliphatic rings. The first-order chi connectivity index (χ1) is 11.8. The third-order valence-electron chi connectivity index (χ3n) is 3.72. The van der Waals surface area contributed by atoms with Crippen LogP contribution in [0.1, 0.15) is 0 Å². The van der Waals surface area contributed by atoms with Gasteiger partial charge in [0.05, 0.1) is 19.9 Å². The third kappa shape index (κ3) is 2.36. The maximum Gasteiger partial charge on any atom is 0.227 e. The Morgan fingerprint density at radius 1 is 0.958 bits per heavy atom. The van der Waals surface area contributed by atoms with Crippen molar-refractivity contribution in [2.75, 3.05) is 14.2 Å². The van der Waals surface area contributed by atoms with Gasteiger partial charge in [-0.15, -0.1) is 10.2 Å². The molecule has 0 spiro atoms. The van der Waals surface area contributed by atoms with E-state index in [1.807, 2.05) is 36.4 Å². The summed E-state index contributed by atoms with van der Waals surface area (Å²) in [6.07, 6.45) is 3.22. The van der Waals surface area contributed by atoms with Crippen molar-refractivity contribution in [1.82, 2.24) is 19.7 Å². The Bertz CT molecular complexity index is 992. The average molecular weight is 322 g/mol. The Hall–Kier alpha value is -3.35. The highest BCUT2D eigenvalue weighted by Crippen LogP contribution is 2.31. The van der Waals surface area contributed by atoms with E-state index in [0.717, 1.165) is 22.5 Å². The number of fused-ring (bicyclic) bond motifs is 1. The Labute approximate surface area is 137 Å². The van der Waals surface area contributed by atoms with E-state index in [2.05, 4.69) is 15.2 Å². The molecule has 0 aliphatic carbocycles. The number of oxazole rings is 1. The van der Waals surface area contributed by atoms with Crippen LogP contribution >= 0.6 is 0 Å². The SMILES string of the molecule is COc1ccc2oc(-c3ccc(OC)c(-n4cnnc4)c3)nc2c1. The summed E-state index contributed by atoms with van der Waals surface area (Å²) >= 11 is 0. The van der Waals surface area contributed by atoms with E-state index < -0.39 is 0 Å². The first kappa shape index (κ1) is 14.3. The van der Waals surface area contributed by atoms with Crippen LogP contribution in [0.15, 0.2) is 53.5 Å². The highest BCUT2D eigenvalue weighted by molar-refractivity contribution is 5.78. The molecule has 2 heterocycles. The predicted octanol–water partition coefficient (Wildman–Crippen LogP) is 3.09. The van der Waals surface area contributed by atoms with Gasteiger partial charge in [-0.05, 0) is 30.3 Å². The van der Waals surface area contributed by atoms with Crippen LogP contribution in [0.2, 0.25) is 0 Å². The summed E-state index contributed by atoms with van der Waals surface area (Å²) in [4.78, 5) is 4.54. The van der Waals surface area contributed by atoms with Gasteiger partial charge in [-0.1, -0.05) is 0 Å². The predicted molar refractivity (Wildman–Crippen MR) is 87.5 cm³/mol. The summed E-state index contributed by atoms with van der Waals surface area (Å²) in [5.41, 5.74) is 3.08. The molecule has 0 amide bonds. The Morgan fingerprint density at radius 2 is 1.79 bits per heavy atom. The van der Waals surface area contributed by atoms with E-state index in [1.165, 1.54) is 0 Å². The second-order valence-corrected chi connectivity index (χ2v) is 5.11. The first-order valence-electron chi connectivity index (χ1n) is 7.26. The zero-order valence-electron chi connectivity index (χ0n) is 13.1. The summed E-state index contributed by atoms with van der Waals surface area (Å²) < 4.78 is 18.2. The zero-order chi connectivity index (χ0) is 16.5. The van der Waals surface area contributed by atoms with Gasteiger partial charge in [-0.3, -0.25) is 4.57 Å². The van der Waals surface area contributed by atoms with E-state index in [4.69, 9.17) is 13.9 Å². The van der Waals surface area contributed by atoms with Gasteiger partial charge in [-0.25, -0.2) is 4.98 Å². The van der Waals surface area contributed by atoms with Gasteiger partial charge in [0, 0.05) is 11.6 Å². The zero-order valence-corrected chi connectivity index (χ0v) is 13.1. The maximum atomic E-state index is 5.85. The molecule has 24 heavy (non-hydrogen) atoms. The number of ether oxygens (including phenoxy) is 2. The van der Waals surface area contributed by atoms with Crippen molar-refractivity contribution >= 4 is 11.1 Å². The van der Waals surface area contributed by atoms with Crippen LogP contribution in [-0.4, -0.2) is 34.0 Å². The van der Waals surface area contributed by atoms with Crippen LogP contribution in [0, 0.1) is 0 Å². The smallest absolute Gasteiger partial charge is 0.227 e. The lowest BCUT2D eigenvalue weighted by molar-refractivity contribution is 0.413. The molecule has 0 unspecified atom stereocenters. The van der Waals surface area contributed by atoms with Crippen LogP contribution < -0.4 is 9.47 Å². The molecule has 2 aromatic heterocycles. The second-order valence-electron chi connectivity index (χ2n) is 5.11. The van der Waals surface area contributed by atoms with Gasteiger partial charge in [0.15, 0.2) is 5.58 Å². The summed E-state index contributed by atoms with van der Waals surface area (Å²) in [6, 6.07) is 11.2. The van der Waals surface area contributed by atoms with Crippen LogP contribution in [0.25, 0.3) is 28.2 Å². The minimum absolute atomic E-state index is 0.523. The summed E-state index contributed by atoms with van der Waals surface area (Å²) in [6.45, 7) is 0. The third-order valence-corrected chi connectivity index (χ3v) is 3.72. The van der Waals surface area contributed by atoms with Crippen molar-refractivity contribution in [3.05, 3.63) is 49.1 Å². The number of rotatable bonds is 4. The lowest BCUT2D eigenvalue weighted by Gasteiger charge is -2.09. The standard InChI is InChI=1S/C17H14N4O3/c1-22-12-4-6-15-13(8-12)20-17(24-15)11-3-5-16(23-2)14(7-11)21-9-18-19-10-21/h3-10H,1-2H3. The fraction of sp³-hybridized carbons (Fsp3) is 0.118. The van der Waals surface area contributed by atoms with E-state index >= 15 is 0 Å². The highest BCUT2D eigenvalue weighted by atomic mass is 16.5. The summed E-state index contributed by atoms with van der Waals surface area (Å²) in [5.74, 6) is 1.97. The quantitative estimate of drug-likeness (QED) is 0.575. The van der Waals surface area contributed by atoms with Crippen LogP contribution in [0.4, 0.5) is 0 Å². The van der Waals surface area contributed by atoms with Crippen molar-refractivity contribution < 1.29 is 13.9 Å². The van der Waals surface area contributed by atoms with Gasteiger partial charge in [0.2, 0.25) is 5.89 Å². The van der Waals surface area contributed by atoms with Gasteiger partial charge in [-0.2, -0.15) is 0 Å². The molecule has 4 rings (SSSR count). The van der Waals surface area contributed by atoms with E-state index in [0.29, 0.717) is 17.2 Å². The average Bonchev–Trinajstić information content (AvgIpc) is 3.29. The summed E-state index contributed by atoms with van der Waals surface area (Å²) in [7, 11) is 3.24. The molecular weight excluding hydrogens is 308 g/mol. The van der Waals surface area contributed by atoms with Gasteiger partial charge < -0.3 is 13.9 Å². The van der Waals surface area contributed by atoms with E-state index in [1.54, 1.807) is 31.4 Å². The summed E-state index contributed by atoms with van der Waals surface area (Å²) in [5, 5.41) is 7.67. The van der Waals surface area contributed by atoms with Gasteiger partial charge >= 0.3 is 0 Å². The molecule has 2 aromatic carbocycles. The largest absolute Gasteiger partial charge is 0.497 e. The molecule has 0 atom stereocenters. The Kier molecular flexibility index (Phi) is 3.38. The lowest BCUT2D eigenvalue weighted by atomic mass is 10.2. The molecule has 0 N–H and O–H groups in total. The van der Waals surface area contributed by atoms with Crippen molar-refractivity contribution in [2.24, 2.45) is 0 Å². The highest BCUT2D eigenvalue weighted by Gasteiger charge is 2.13. The molecule has 7 nitrogen and oxygen atoms in total. The fourth-order valence-corrected chi connectivity index (χ4v) is 2.51. The lowest BCUT2D eigenvalue weighted by Crippen LogP contribution is -1.96. The molecule has 0 saturated heterocycles. The van der Waals surface area contributed by atoms with Crippen molar-refractivity contribution in [1.29, 1.82) is 0 Å². The molecule has 4 aromatic rings. The van der Waals surface area contributed by atoms with Crippen molar-refractivity contribution in [3.8, 4) is 28.6 Å². The Balaban J connectivity index is 1.83. The fourth-order valence-electron chi connectivity index (χ4n) is 2.51. The normalized spacial score (nSPS) is 10.9. The molecule has 0 bridgehead atoms. The Morgan fingerprint density at radius 3 is 2.54 bits per heavy atom. The van der Waals surface area contributed by atoms with Crippen LogP contribution in [0.3, 0.4) is 0 Å². The molecule has 7 heteroatoms. The molecule has 0 radical (unpaired) electrons. The van der Waals surface area contributed by atoms with Gasteiger partial charge in [0.1, 0.15) is 29.7 Å². The number of hydrogen-bond acceptors (Lipinski definition) is 6. The van der Waals surface area contributed by atoms with Crippen molar-refractivity contribution in [2.45, 2.75) is 0 Å². The topological polar surface area (TPSA) is 75.2 Å². The molecular formula is C17H14N4O3. The first-order valence-corrected chi connectivity index (χ1v) is 7.26. The number of methoxy groups -OCH3 is 2. The molecule has 120 valence electrons. The second kappa shape index (κ2) is 5.69. The maximum absolute atomic E-state index is 5.85. The van der Waals surface area contributed by atoms with Gasteiger partial charge in [0.25, 0.3) is 0 Å². The number of nitrogens with zero attached hydrogens (tertiary/aromatic N) is 4. The van der Waals surface area contributed by atoms with E-state index in [-0.39, 0.29) is 0 Å². The van der Waals surface area contributed by atoms with E-state index in [9.17, 15) is 0 Å². The number of hydrogen-bond donors (Lipinski definition) is 0. The van der Waals surface area contributed by atoms with Crippen molar-refractivity contribution in [3.63, 3.8) is 0 Å². The molecule has 0 aliphatic heterocycles. The molecule has 0 fully saturated rings. The monoisotopic (exact) mass is 322 g/mol. The molecule has 0 saturated carbocycles.